The Morgan fingerprint density at radius 2 is 2.00 bits per heavy atom. The molecule has 0 heterocycles. The van der Waals surface area contributed by atoms with Crippen LogP contribution in [0.15, 0.2) is 0 Å². The van der Waals surface area contributed by atoms with Gasteiger partial charge in [-0.05, 0) is 25.2 Å². The van der Waals surface area contributed by atoms with Gasteiger partial charge in [-0.25, -0.2) is 0 Å². The van der Waals surface area contributed by atoms with Gasteiger partial charge in [-0.2, -0.15) is 0 Å². The average molecular weight is 174 g/mol. The van der Waals surface area contributed by atoms with E-state index in [1.165, 1.54) is 0 Å². The molecule has 72 valence electrons. The topological polar surface area (TPSA) is 60.7 Å². The van der Waals surface area contributed by atoms with Crippen molar-refractivity contribution in [2.45, 2.75) is 45.0 Å². The summed E-state index contributed by atoms with van der Waals surface area (Å²) >= 11 is 0. The first-order valence-corrected chi connectivity index (χ1v) is 4.69. The van der Waals surface area contributed by atoms with E-state index in [0.717, 1.165) is 19.3 Å². The van der Waals surface area contributed by atoms with Gasteiger partial charge in [0.2, 0.25) is 0 Å². The van der Waals surface area contributed by atoms with Gasteiger partial charge in [-0.3, -0.25) is 0 Å². The van der Waals surface area contributed by atoms with E-state index in [-0.39, 0.29) is 17.9 Å². The maximum absolute atomic E-state index is 9.51. The zero-order chi connectivity index (χ0) is 9.14. The van der Waals surface area contributed by atoms with Crippen molar-refractivity contribution in [3.05, 3.63) is 0 Å². The highest BCUT2D eigenvalue weighted by Gasteiger charge is 2.30. The molecular weight excluding hydrogens is 156 g/mol. The van der Waals surface area contributed by atoms with Crippen molar-refractivity contribution in [3.8, 4) is 0 Å². The zero-order valence-electron chi connectivity index (χ0n) is 7.48. The molecule has 3 unspecified atom stereocenters. The van der Waals surface area contributed by atoms with E-state index >= 15 is 0 Å². The molecule has 3 nitrogen and oxygen atoms in total. The molecule has 0 saturated heterocycles. The lowest BCUT2D eigenvalue weighted by atomic mass is 9.78. The third kappa shape index (κ3) is 2.19. The summed E-state index contributed by atoms with van der Waals surface area (Å²) in [6.07, 6.45) is 1.67. The molecule has 0 bridgehead atoms. The third-order valence-electron chi connectivity index (χ3n) is 2.93. The number of aliphatic hydroxyl groups excluding tert-OH is 2. The van der Waals surface area contributed by atoms with E-state index in [2.05, 4.69) is 0 Å². The summed E-state index contributed by atoms with van der Waals surface area (Å²) in [5.41, 5.74) is 0. The second-order valence-electron chi connectivity index (χ2n) is 3.72. The molecular formula is C9H18O3. The van der Waals surface area contributed by atoms with Crippen molar-refractivity contribution in [3.63, 3.8) is 0 Å². The summed E-state index contributed by atoms with van der Waals surface area (Å²) in [6.45, 7) is 2.03. The lowest BCUT2D eigenvalue weighted by molar-refractivity contribution is -0.110. The molecule has 1 rings (SSSR count). The van der Waals surface area contributed by atoms with Gasteiger partial charge in [0.15, 0.2) is 6.29 Å². The van der Waals surface area contributed by atoms with Gasteiger partial charge in [0.05, 0.1) is 6.10 Å². The van der Waals surface area contributed by atoms with E-state index in [4.69, 9.17) is 10.2 Å². The number of hydrogen-bond donors (Lipinski definition) is 3. The largest absolute Gasteiger partial charge is 0.393 e. The van der Waals surface area contributed by atoms with Crippen LogP contribution in [0.25, 0.3) is 0 Å². The van der Waals surface area contributed by atoms with E-state index in [1.807, 2.05) is 6.92 Å². The summed E-state index contributed by atoms with van der Waals surface area (Å²) in [5, 5.41) is 27.4. The van der Waals surface area contributed by atoms with Gasteiger partial charge in [0.25, 0.3) is 0 Å². The summed E-state index contributed by atoms with van der Waals surface area (Å²) in [5.74, 6) is 0.226. The SMILES string of the molecule is CCC1CC(C(O)O)CCC1O. The number of hydrogen-bond acceptors (Lipinski definition) is 3. The lowest BCUT2D eigenvalue weighted by Crippen LogP contribution is -2.33. The van der Waals surface area contributed by atoms with Gasteiger partial charge >= 0.3 is 0 Å². The third-order valence-corrected chi connectivity index (χ3v) is 2.93. The Morgan fingerprint density at radius 1 is 1.33 bits per heavy atom. The van der Waals surface area contributed by atoms with Crippen LogP contribution in [0.5, 0.6) is 0 Å². The van der Waals surface area contributed by atoms with Crippen LogP contribution < -0.4 is 0 Å². The Bertz CT molecular complexity index is 136. The van der Waals surface area contributed by atoms with Crippen LogP contribution in [0.1, 0.15) is 32.6 Å². The number of rotatable bonds is 2. The fourth-order valence-electron chi connectivity index (χ4n) is 1.99. The minimum Gasteiger partial charge on any atom is -0.393 e. The van der Waals surface area contributed by atoms with Gasteiger partial charge in [-0.1, -0.05) is 13.3 Å². The molecule has 3 N–H and O–H groups in total. The maximum Gasteiger partial charge on any atom is 0.154 e. The molecule has 1 aliphatic carbocycles. The predicted molar refractivity (Wildman–Crippen MR) is 45.4 cm³/mol. The number of aliphatic hydroxyl groups is 3. The summed E-state index contributed by atoms with van der Waals surface area (Å²) in [4.78, 5) is 0. The fourth-order valence-corrected chi connectivity index (χ4v) is 1.99. The Morgan fingerprint density at radius 3 is 2.50 bits per heavy atom. The predicted octanol–water partition coefficient (Wildman–Crippen LogP) is 0.484. The van der Waals surface area contributed by atoms with Crippen molar-refractivity contribution >= 4 is 0 Å². The van der Waals surface area contributed by atoms with Crippen LogP contribution >= 0.6 is 0 Å². The molecule has 0 aromatic carbocycles. The molecule has 0 spiro atoms. The second-order valence-corrected chi connectivity index (χ2v) is 3.72. The molecule has 1 aliphatic rings. The fraction of sp³-hybridized carbons (Fsp3) is 1.00. The molecule has 1 fully saturated rings. The molecule has 1 saturated carbocycles. The van der Waals surface area contributed by atoms with Crippen LogP contribution in [-0.2, 0) is 0 Å². The summed E-state index contributed by atoms with van der Waals surface area (Å²) < 4.78 is 0. The van der Waals surface area contributed by atoms with Gasteiger partial charge < -0.3 is 15.3 Å². The minimum absolute atomic E-state index is 0.0293. The molecule has 3 heteroatoms. The molecule has 0 aromatic heterocycles. The second kappa shape index (κ2) is 4.21. The van der Waals surface area contributed by atoms with Crippen molar-refractivity contribution in [2.75, 3.05) is 0 Å². The van der Waals surface area contributed by atoms with Crippen LogP contribution in [0, 0.1) is 11.8 Å². The van der Waals surface area contributed by atoms with Crippen molar-refractivity contribution in [1.82, 2.24) is 0 Å². The zero-order valence-corrected chi connectivity index (χ0v) is 7.48. The van der Waals surface area contributed by atoms with Gasteiger partial charge in [-0.15, -0.1) is 0 Å². The van der Waals surface area contributed by atoms with Crippen molar-refractivity contribution in [2.24, 2.45) is 11.8 Å². The molecule has 0 radical (unpaired) electrons. The first kappa shape index (κ1) is 9.96. The molecule has 12 heavy (non-hydrogen) atoms. The molecule has 3 atom stereocenters. The highest BCUT2D eigenvalue weighted by Crippen LogP contribution is 2.32. The van der Waals surface area contributed by atoms with E-state index in [9.17, 15) is 5.11 Å². The van der Waals surface area contributed by atoms with E-state index in [0.29, 0.717) is 6.42 Å². The normalized spacial score (nSPS) is 37.2. The van der Waals surface area contributed by atoms with E-state index in [1.54, 1.807) is 0 Å². The maximum atomic E-state index is 9.51. The first-order chi connectivity index (χ1) is 5.65. The standard InChI is InChI=1S/C9H18O3/c1-2-6-5-7(9(11)12)3-4-8(6)10/h6-12H,2-5H2,1H3. The van der Waals surface area contributed by atoms with Crippen LogP contribution in [-0.4, -0.2) is 27.7 Å². The molecule has 0 aliphatic heterocycles. The smallest absolute Gasteiger partial charge is 0.154 e. The van der Waals surface area contributed by atoms with Crippen LogP contribution in [0.4, 0.5) is 0 Å². The van der Waals surface area contributed by atoms with Crippen LogP contribution in [0.3, 0.4) is 0 Å². The Kier molecular flexibility index (Phi) is 3.50. The van der Waals surface area contributed by atoms with E-state index < -0.39 is 6.29 Å². The molecule has 0 aromatic rings. The minimum atomic E-state index is -1.20. The average Bonchev–Trinajstić information content (AvgIpc) is 2.05. The lowest BCUT2D eigenvalue weighted by Gasteiger charge is -2.33. The van der Waals surface area contributed by atoms with Crippen molar-refractivity contribution < 1.29 is 15.3 Å². The quantitative estimate of drug-likeness (QED) is 0.534. The highest BCUT2D eigenvalue weighted by atomic mass is 16.5. The Balaban J connectivity index is 2.44. The van der Waals surface area contributed by atoms with Gasteiger partial charge in [0.1, 0.15) is 0 Å². The summed E-state index contributed by atoms with van der Waals surface area (Å²) in [6, 6.07) is 0. The first-order valence-electron chi connectivity index (χ1n) is 4.69. The Hall–Kier alpha value is -0.120. The molecule has 0 amide bonds. The summed E-state index contributed by atoms with van der Waals surface area (Å²) in [7, 11) is 0. The van der Waals surface area contributed by atoms with Crippen LogP contribution in [0.2, 0.25) is 0 Å². The van der Waals surface area contributed by atoms with Gasteiger partial charge in [0, 0.05) is 5.92 Å². The van der Waals surface area contributed by atoms with Crippen molar-refractivity contribution in [1.29, 1.82) is 0 Å². The highest BCUT2D eigenvalue weighted by molar-refractivity contribution is 4.79. The Labute approximate surface area is 73.0 Å². The monoisotopic (exact) mass is 174 g/mol.